The molecule has 0 unspecified atom stereocenters. The molecule has 2 rings (SSSR count). The van der Waals surface area contributed by atoms with E-state index in [0.29, 0.717) is 19.6 Å². The number of thiophene rings is 1. The van der Waals surface area contributed by atoms with Gasteiger partial charge in [0.1, 0.15) is 0 Å². The number of nitrogens with zero attached hydrogens (tertiary/aromatic N) is 1. The first kappa shape index (κ1) is 17.5. The minimum atomic E-state index is 0.0905. The maximum absolute atomic E-state index is 12.0. The lowest BCUT2D eigenvalue weighted by molar-refractivity contribution is -0.121. The molecule has 1 amide bonds. The van der Waals surface area contributed by atoms with Gasteiger partial charge in [-0.25, -0.2) is 0 Å². The number of hydrogen-bond acceptors (Lipinski definition) is 4. The first-order valence-corrected chi connectivity index (χ1v) is 8.65. The molecule has 1 heterocycles. The molecule has 0 saturated heterocycles. The number of aryl methyl sites for hydroxylation is 1. The minimum absolute atomic E-state index is 0.0905. The van der Waals surface area contributed by atoms with Crippen LogP contribution < -0.4 is 10.2 Å². The summed E-state index contributed by atoms with van der Waals surface area (Å²) in [4.78, 5) is 15.4. The monoisotopic (exact) mass is 332 g/mol. The maximum Gasteiger partial charge on any atom is 0.220 e. The molecular formula is C18H24N2O2S. The molecule has 5 heteroatoms. The Morgan fingerprint density at radius 1 is 1.26 bits per heavy atom. The lowest BCUT2D eigenvalue weighted by Crippen LogP contribution is -2.27. The molecule has 4 nitrogen and oxygen atoms in total. The van der Waals surface area contributed by atoms with Crippen LogP contribution in [0.1, 0.15) is 16.9 Å². The molecule has 0 saturated carbocycles. The topological polar surface area (TPSA) is 41.6 Å². The highest BCUT2D eigenvalue weighted by molar-refractivity contribution is 7.09. The molecule has 0 aliphatic carbocycles. The average molecular weight is 332 g/mol. The normalized spacial score (nSPS) is 10.5. The Morgan fingerprint density at radius 3 is 2.83 bits per heavy atom. The van der Waals surface area contributed by atoms with E-state index in [4.69, 9.17) is 4.74 Å². The van der Waals surface area contributed by atoms with Crippen molar-refractivity contribution >= 4 is 22.9 Å². The summed E-state index contributed by atoms with van der Waals surface area (Å²) in [5.41, 5.74) is 2.25. The second-order valence-electron chi connectivity index (χ2n) is 5.40. The lowest BCUT2D eigenvalue weighted by Gasteiger charge is -2.22. The van der Waals surface area contributed by atoms with Crippen LogP contribution in [0.3, 0.4) is 0 Å². The molecule has 0 bridgehead atoms. The first-order valence-electron chi connectivity index (χ1n) is 7.77. The summed E-state index contributed by atoms with van der Waals surface area (Å²) in [6.07, 6.45) is 1.33. The fourth-order valence-electron chi connectivity index (χ4n) is 2.36. The fourth-order valence-corrected chi connectivity index (χ4v) is 3.06. The zero-order valence-corrected chi connectivity index (χ0v) is 14.6. The summed E-state index contributed by atoms with van der Waals surface area (Å²) in [5.74, 6) is 0.0905. The molecular weight excluding hydrogens is 308 g/mol. The Balaban J connectivity index is 1.85. The lowest BCUT2D eigenvalue weighted by atomic mass is 10.1. The van der Waals surface area contributed by atoms with Crippen molar-refractivity contribution in [2.45, 2.75) is 19.4 Å². The number of likely N-dealkylation sites (N-methyl/N-ethyl adjacent to an activating group) is 1. The number of carbonyl (C=O) groups excluding carboxylic acids is 1. The average Bonchev–Trinajstić information content (AvgIpc) is 3.09. The Kier molecular flexibility index (Phi) is 7.10. The van der Waals surface area contributed by atoms with Crippen molar-refractivity contribution in [2.75, 3.05) is 32.2 Å². The maximum atomic E-state index is 12.0. The van der Waals surface area contributed by atoms with Crippen molar-refractivity contribution in [1.82, 2.24) is 5.32 Å². The van der Waals surface area contributed by atoms with E-state index in [1.165, 1.54) is 4.88 Å². The van der Waals surface area contributed by atoms with E-state index >= 15 is 0 Å². The molecule has 124 valence electrons. The zero-order chi connectivity index (χ0) is 16.5. The van der Waals surface area contributed by atoms with E-state index in [0.717, 1.165) is 24.2 Å². The van der Waals surface area contributed by atoms with Crippen molar-refractivity contribution in [3.8, 4) is 0 Å². The molecule has 0 fully saturated rings. The van der Waals surface area contributed by atoms with Crippen LogP contribution >= 0.6 is 11.3 Å². The number of carbonyl (C=O) groups is 1. The van der Waals surface area contributed by atoms with Crippen LogP contribution in [-0.4, -0.2) is 33.2 Å². The van der Waals surface area contributed by atoms with Crippen LogP contribution in [0.5, 0.6) is 0 Å². The fraction of sp³-hybridized carbons (Fsp3) is 0.389. The highest BCUT2D eigenvalue weighted by Crippen LogP contribution is 2.19. The SMILES string of the molecule is COCCN(C)c1ccccc1CNC(=O)CCc1cccs1. The van der Waals surface area contributed by atoms with Crippen LogP contribution in [0.2, 0.25) is 0 Å². The number of nitrogens with one attached hydrogen (secondary N) is 1. The number of benzene rings is 1. The largest absolute Gasteiger partial charge is 0.383 e. The van der Waals surface area contributed by atoms with Crippen LogP contribution in [0.15, 0.2) is 41.8 Å². The zero-order valence-electron chi connectivity index (χ0n) is 13.7. The highest BCUT2D eigenvalue weighted by Gasteiger charge is 2.08. The van der Waals surface area contributed by atoms with E-state index < -0.39 is 0 Å². The van der Waals surface area contributed by atoms with Gasteiger partial charge in [-0.1, -0.05) is 24.3 Å². The highest BCUT2D eigenvalue weighted by atomic mass is 32.1. The van der Waals surface area contributed by atoms with Crippen LogP contribution in [0.4, 0.5) is 5.69 Å². The van der Waals surface area contributed by atoms with Gasteiger partial charge in [0.15, 0.2) is 0 Å². The Labute approximate surface area is 142 Å². The summed E-state index contributed by atoms with van der Waals surface area (Å²) in [6.45, 7) is 2.05. The number of hydrogen-bond donors (Lipinski definition) is 1. The number of ether oxygens (including phenoxy) is 1. The van der Waals surface area contributed by atoms with Gasteiger partial charge in [-0.3, -0.25) is 4.79 Å². The van der Waals surface area contributed by atoms with E-state index in [1.54, 1.807) is 18.4 Å². The number of methoxy groups -OCH3 is 1. The molecule has 1 aromatic heterocycles. The van der Waals surface area contributed by atoms with Crippen molar-refractivity contribution < 1.29 is 9.53 Å². The number of anilines is 1. The second kappa shape index (κ2) is 9.33. The summed E-state index contributed by atoms with van der Waals surface area (Å²) in [5, 5.41) is 5.06. The molecule has 23 heavy (non-hydrogen) atoms. The molecule has 0 aliphatic rings. The van der Waals surface area contributed by atoms with Crippen LogP contribution in [0, 0.1) is 0 Å². The van der Waals surface area contributed by atoms with Crippen molar-refractivity contribution in [3.63, 3.8) is 0 Å². The molecule has 0 atom stereocenters. The second-order valence-corrected chi connectivity index (χ2v) is 6.43. The van der Waals surface area contributed by atoms with E-state index in [2.05, 4.69) is 28.4 Å². The predicted octanol–water partition coefficient (Wildman–Crippen LogP) is 3.08. The molecule has 0 radical (unpaired) electrons. The van der Waals surface area contributed by atoms with Crippen LogP contribution in [0.25, 0.3) is 0 Å². The first-order chi connectivity index (χ1) is 11.2. The third kappa shape index (κ3) is 5.69. The van der Waals surface area contributed by atoms with Gasteiger partial charge in [-0.2, -0.15) is 0 Å². The smallest absolute Gasteiger partial charge is 0.220 e. The number of rotatable bonds is 9. The third-order valence-electron chi connectivity index (χ3n) is 3.69. The Bertz CT molecular complexity index is 599. The quantitative estimate of drug-likeness (QED) is 0.767. The van der Waals surface area contributed by atoms with Gasteiger partial charge in [0, 0.05) is 44.2 Å². The predicted molar refractivity (Wildman–Crippen MR) is 96.1 cm³/mol. The van der Waals surface area contributed by atoms with Crippen LogP contribution in [-0.2, 0) is 22.5 Å². The Hall–Kier alpha value is -1.85. The molecule has 0 aliphatic heterocycles. The van der Waals surface area contributed by atoms with Gasteiger partial charge in [0.25, 0.3) is 0 Å². The Morgan fingerprint density at radius 2 is 2.09 bits per heavy atom. The van der Waals surface area contributed by atoms with Gasteiger partial charge in [0.05, 0.1) is 6.61 Å². The van der Waals surface area contributed by atoms with Crippen molar-refractivity contribution in [3.05, 3.63) is 52.2 Å². The third-order valence-corrected chi connectivity index (χ3v) is 4.62. The van der Waals surface area contributed by atoms with E-state index in [9.17, 15) is 4.79 Å². The van der Waals surface area contributed by atoms with Crippen molar-refractivity contribution in [2.24, 2.45) is 0 Å². The summed E-state index contributed by atoms with van der Waals surface area (Å²) < 4.78 is 5.13. The van der Waals surface area contributed by atoms with Gasteiger partial charge in [0.2, 0.25) is 5.91 Å². The van der Waals surface area contributed by atoms with Gasteiger partial charge in [-0.15, -0.1) is 11.3 Å². The molecule has 1 aromatic carbocycles. The van der Waals surface area contributed by atoms with Gasteiger partial charge < -0.3 is 15.0 Å². The van der Waals surface area contributed by atoms with Gasteiger partial charge >= 0.3 is 0 Å². The molecule has 0 spiro atoms. The summed E-state index contributed by atoms with van der Waals surface area (Å²) >= 11 is 1.69. The van der Waals surface area contributed by atoms with E-state index in [-0.39, 0.29) is 5.91 Å². The molecule has 1 N–H and O–H groups in total. The molecule has 2 aromatic rings. The minimum Gasteiger partial charge on any atom is -0.383 e. The van der Waals surface area contributed by atoms with Gasteiger partial charge in [-0.05, 0) is 29.5 Å². The number of amides is 1. The van der Waals surface area contributed by atoms with E-state index in [1.807, 2.05) is 30.6 Å². The summed E-state index contributed by atoms with van der Waals surface area (Å²) in [7, 11) is 3.74. The standard InChI is InChI=1S/C18H24N2O2S/c1-20(11-12-22-2)17-8-4-3-6-15(17)14-19-18(21)10-9-16-7-5-13-23-16/h3-8,13H,9-12,14H2,1-2H3,(H,19,21). The number of para-hydroxylation sites is 1. The van der Waals surface area contributed by atoms with Crippen molar-refractivity contribution in [1.29, 1.82) is 0 Å². The summed E-state index contributed by atoms with van der Waals surface area (Å²) in [6, 6.07) is 12.2.